The van der Waals surface area contributed by atoms with Crippen LogP contribution in [0.5, 0.6) is 11.5 Å². The van der Waals surface area contributed by atoms with Gasteiger partial charge in [-0.15, -0.1) is 0 Å². The van der Waals surface area contributed by atoms with E-state index in [9.17, 15) is 36.6 Å². The Bertz CT molecular complexity index is 1220. The smallest absolute Gasteiger partial charge is 0.416 e. The summed E-state index contributed by atoms with van der Waals surface area (Å²) in [4.78, 5) is 0. The highest BCUT2D eigenvalue weighted by atomic mass is 19.4. The zero-order valence-corrected chi connectivity index (χ0v) is 16.1. The first-order chi connectivity index (χ1) is 14.4. The summed E-state index contributed by atoms with van der Waals surface area (Å²) >= 11 is 0. The van der Waals surface area contributed by atoms with E-state index < -0.39 is 29.4 Å². The highest BCUT2D eigenvalue weighted by molar-refractivity contribution is 6.02. The summed E-state index contributed by atoms with van der Waals surface area (Å²) < 4.78 is 79.1. The minimum Gasteiger partial charge on any atom is -0.507 e. The molecule has 0 amide bonds. The van der Waals surface area contributed by atoms with Gasteiger partial charge in [0.2, 0.25) is 0 Å². The van der Waals surface area contributed by atoms with Crippen LogP contribution in [-0.4, -0.2) is 16.4 Å². The van der Waals surface area contributed by atoms with Crippen molar-refractivity contribution in [3.8, 4) is 22.6 Å². The zero-order valence-electron chi connectivity index (χ0n) is 16.1. The van der Waals surface area contributed by atoms with Gasteiger partial charge in [-0.3, -0.25) is 0 Å². The van der Waals surface area contributed by atoms with Crippen molar-refractivity contribution in [1.82, 2.24) is 0 Å². The average Bonchev–Trinajstić information content (AvgIpc) is 2.67. The van der Waals surface area contributed by atoms with Crippen molar-refractivity contribution in [1.29, 1.82) is 0 Å². The standard InChI is InChI=1S/C23H16F6O2/c1-11-8-15(23(27,28)29)10-13-3-7-18(31)21(19(11)13)20-16-5-4-14(22(24,25)26)9-12(16)2-6-17(20)30/h2-7,9-11,30-31H,8H2,1H3. The Morgan fingerprint density at radius 1 is 0.806 bits per heavy atom. The predicted molar refractivity (Wildman–Crippen MR) is 105 cm³/mol. The number of phenolic OH excluding ortho intramolecular Hbond substituents is 2. The van der Waals surface area contributed by atoms with Crippen LogP contribution in [0, 0.1) is 0 Å². The molecule has 3 aromatic rings. The fraction of sp³-hybridized carbons (Fsp3) is 0.217. The van der Waals surface area contributed by atoms with Crippen LogP contribution in [0.2, 0.25) is 0 Å². The number of allylic oxidation sites excluding steroid dienone is 1. The van der Waals surface area contributed by atoms with Crippen molar-refractivity contribution in [2.45, 2.75) is 31.6 Å². The van der Waals surface area contributed by atoms with Crippen molar-refractivity contribution in [2.75, 3.05) is 0 Å². The molecule has 1 unspecified atom stereocenters. The lowest BCUT2D eigenvalue weighted by Crippen LogP contribution is -2.18. The van der Waals surface area contributed by atoms with Gasteiger partial charge in [0.05, 0.1) is 5.56 Å². The number of aromatic hydroxyl groups is 2. The van der Waals surface area contributed by atoms with E-state index in [-0.39, 0.29) is 45.4 Å². The molecular weight excluding hydrogens is 422 g/mol. The van der Waals surface area contributed by atoms with Crippen molar-refractivity contribution < 1.29 is 36.6 Å². The van der Waals surface area contributed by atoms with Crippen LogP contribution in [0.25, 0.3) is 28.0 Å². The van der Waals surface area contributed by atoms with Crippen molar-refractivity contribution in [3.63, 3.8) is 0 Å². The summed E-state index contributed by atoms with van der Waals surface area (Å²) in [6.07, 6.45) is -8.38. The molecule has 2 nitrogen and oxygen atoms in total. The molecule has 4 rings (SSSR count). The normalized spacial score (nSPS) is 16.9. The maximum Gasteiger partial charge on any atom is 0.416 e. The Morgan fingerprint density at radius 3 is 2.10 bits per heavy atom. The molecule has 0 fully saturated rings. The molecule has 1 aliphatic carbocycles. The fourth-order valence-electron chi connectivity index (χ4n) is 4.18. The molecule has 0 spiro atoms. The van der Waals surface area contributed by atoms with Crippen LogP contribution < -0.4 is 0 Å². The number of rotatable bonds is 1. The molecule has 0 saturated heterocycles. The van der Waals surface area contributed by atoms with Gasteiger partial charge in [-0.2, -0.15) is 26.3 Å². The highest BCUT2D eigenvalue weighted by Crippen LogP contribution is 2.50. The maximum absolute atomic E-state index is 13.3. The minimum absolute atomic E-state index is 0.0799. The molecule has 0 saturated carbocycles. The molecule has 0 bridgehead atoms. The molecule has 162 valence electrons. The number of hydrogen-bond donors (Lipinski definition) is 2. The Hall–Kier alpha value is -3.16. The van der Waals surface area contributed by atoms with Gasteiger partial charge in [0.15, 0.2) is 0 Å². The minimum atomic E-state index is -4.56. The number of halogens is 6. The maximum atomic E-state index is 13.3. The van der Waals surface area contributed by atoms with Gasteiger partial charge < -0.3 is 10.2 Å². The molecule has 31 heavy (non-hydrogen) atoms. The molecule has 8 heteroatoms. The van der Waals surface area contributed by atoms with Gasteiger partial charge in [0.25, 0.3) is 0 Å². The summed E-state index contributed by atoms with van der Waals surface area (Å²) in [6, 6.07) is 8.09. The first-order valence-electron chi connectivity index (χ1n) is 9.35. The van der Waals surface area contributed by atoms with Crippen LogP contribution in [0.1, 0.15) is 36.0 Å². The highest BCUT2D eigenvalue weighted by Gasteiger charge is 2.38. The number of hydrogen-bond acceptors (Lipinski definition) is 2. The Kier molecular flexibility index (Phi) is 4.72. The zero-order chi connectivity index (χ0) is 22.7. The molecule has 0 aromatic heterocycles. The van der Waals surface area contributed by atoms with Crippen LogP contribution in [0.3, 0.4) is 0 Å². The summed E-state index contributed by atoms with van der Waals surface area (Å²) in [7, 11) is 0. The van der Waals surface area contributed by atoms with E-state index in [1.54, 1.807) is 6.92 Å². The van der Waals surface area contributed by atoms with E-state index in [1.165, 1.54) is 30.3 Å². The summed E-state index contributed by atoms with van der Waals surface area (Å²) in [6.45, 7) is 1.57. The van der Waals surface area contributed by atoms with Crippen LogP contribution in [0.4, 0.5) is 26.3 Å². The van der Waals surface area contributed by atoms with E-state index in [0.29, 0.717) is 5.56 Å². The number of benzene rings is 3. The van der Waals surface area contributed by atoms with Crippen LogP contribution >= 0.6 is 0 Å². The molecule has 0 aliphatic heterocycles. The van der Waals surface area contributed by atoms with Crippen LogP contribution in [-0.2, 0) is 6.18 Å². The third-order valence-electron chi connectivity index (χ3n) is 5.55. The van der Waals surface area contributed by atoms with Gasteiger partial charge in [0.1, 0.15) is 11.5 Å². The van der Waals surface area contributed by atoms with Gasteiger partial charge in [0, 0.05) is 16.7 Å². The molecule has 1 aliphatic rings. The Balaban J connectivity index is 2.02. The average molecular weight is 438 g/mol. The van der Waals surface area contributed by atoms with Crippen molar-refractivity contribution in [3.05, 3.63) is 64.7 Å². The first-order valence-corrected chi connectivity index (χ1v) is 9.35. The van der Waals surface area contributed by atoms with Gasteiger partial charge in [-0.25, -0.2) is 0 Å². The second-order valence-corrected chi connectivity index (χ2v) is 7.63. The SMILES string of the molecule is CC1CC(C(F)(F)F)=Cc2ccc(O)c(-c3c(O)ccc4cc(C(F)(F)F)ccc34)c21. The molecular formula is C23H16F6O2. The molecule has 2 N–H and O–H groups in total. The largest absolute Gasteiger partial charge is 0.507 e. The number of alkyl halides is 6. The van der Waals surface area contributed by atoms with Crippen molar-refractivity contribution >= 4 is 16.8 Å². The lowest BCUT2D eigenvalue weighted by molar-refractivity contribution is -0.137. The number of phenols is 2. The number of fused-ring (bicyclic) bond motifs is 2. The molecule has 0 heterocycles. The summed E-state index contributed by atoms with van der Waals surface area (Å²) in [5, 5.41) is 21.6. The van der Waals surface area contributed by atoms with E-state index in [1.807, 2.05) is 0 Å². The second-order valence-electron chi connectivity index (χ2n) is 7.63. The van der Waals surface area contributed by atoms with E-state index in [2.05, 4.69) is 0 Å². The predicted octanol–water partition coefficient (Wildman–Crippen LogP) is 7.39. The monoisotopic (exact) mass is 438 g/mol. The van der Waals surface area contributed by atoms with E-state index in [4.69, 9.17) is 0 Å². The van der Waals surface area contributed by atoms with Crippen molar-refractivity contribution in [2.24, 2.45) is 0 Å². The quantitative estimate of drug-likeness (QED) is 0.389. The summed E-state index contributed by atoms with van der Waals surface area (Å²) in [5.74, 6) is -1.23. The van der Waals surface area contributed by atoms with E-state index >= 15 is 0 Å². The lowest BCUT2D eigenvalue weighted by atomic mass is 9.78. The van der Waals surface area contributed by atoms with Crippen LogP contribution in [0.15, 0.2) is 48.0 Å². The third-order valence-corrected chi connectivity index (χ3v) is 5.55. The van der Waals surface area contributed by atoms with Gasteiger partial charge in [-0.1, -0.05) is 25.1 Å². The van der Waals surface area contributed by atoms with Gasteiger partial charge >= 0.3 is 12.4 Å². The first kappa shape index (κ1) is 21.1. The third kappa shape index (κ3) is 3.60. The molecule has 3 aromatic carbocycles. The second kappa shape index (κ2) is 6.93. The molecule has 0 radical (unpaired) electrons. The molecule has 1 atom stereocenters. The fourth-order valence-corrected chi connectivity index (χ4v) is 4.18. The summed E-state index contributed by atoms with van der Waals surface area (Å²) in [5.41, 5.74) is -0.748. The topological polar surface area (TPSA) is 40.5 Å². The Labute approximate surface area is 173 Å². The van der Waals surface area contributed by atoms with Gasteiger partial charge in [-0.05, 0) is 64.6 Å². The lowest BCUT2D eigenvalue weighted by Gasteiger charge is -2.28. The Morgan fingerprint density at radius 2 is 1.45 bits per heavy atom. The van der Waals surface area contributed by atoms with E-state index in [0.717, 1.165) is 18.2 Å².